The van der Waals surface area contributed by atoms with Crippen molar-refractivity contribution in [2.24, 2.45) is 0 Å². The molecule has 3 aromatic rings. The summed E-state index contributed by atoms with van der Waals surface area (Å²) in [4.78, 5) is 30.2. The monoisotopic (exact) mass is 390 g/mol. The smallest absolute Gasteiger partial charge is 0.292 e. The van der Waals surface area contributed by atoms with Crippen LogP contribution in [0, 0.1) is 0 Å². The Morgan fingerprint density at radius 1 is 1.03 bits per heavy atom. The van der Waals surface area contributed by atoms with Crippen molar-refractivity contribution in [2.45, 2.75) is 51.5 Å². The van der Waals surface area contributed by atoms with E-state index in [4.69, 9.17) is 0 Å². The molecule has 0 unspecified atom stereocenters. The lowest BCUT2D eigenvalue weighted by Crippen LogP contribution is -2.36. The third-order valence-corrected chi connectivity index (χ3v) is 5.53. The average Bonchev–Trinajstić information content (AvgIpc) is 3.15. The molecule has 0 bridgehead atoms. The Morgan fingerprint density at radius 2 is 1.79 bits per heavy atom. The van der Waals surface area contributed by atoms with Crippen molar-refractivity contribution >= 4 is 23.0 Å². The number of rotatable bonds is 5. The van der Waals surface area contributed by atoms with Crippen molar-refractivity contribution < 1.29 is 9.59 Å². The molecule has 4 rings (SSSR count). The quantitative estimate of drug-likeness (QED) is 0.685. The molecular weight excluding hydrogens is 364 g/mol. The average molecular weight is 390 g/mol. The second-order valence-corrected chi connectivity index (χ2v) is 7.55. The Balaban J connectivity index is 1.59. The number of pyridine rings is 1. The Hall–Kier alpha value is -3.15. The maximum Gasteiger partial charge on any atom is 0.292 e. The Labute approximate surface area is 170 Å². The van der Waals surface area contributed by atoms with Gasteiger partial charge >= 0.3 is 0 Å². The van der Waals surface area contributed by atoms with E-state index in [1.807, 2.05) is 42.5 Å². The van der Waals surface area contributed by atoms with Crippen LogP contribution >= 0.6 is 0 Å². The summed E-state index contributed by atoms with van der Waals surface area (Å²) in [5, 5.41) is 5.98. The molecule has 1 aromatic carbocycles. The van der Waals surface area contributed by atoms with Crippen LogP contribution in [-0.2, 0) is 6.42 Å². The van der Waals surface area contributed by atoms with E-state index in [1.54, 1.807) is 10.6 Å². The standard InChI is InChI=1S/C23H26N4O2/c1-2-16-11-13-18(14-12-16)25-23(29)21-26-20(19-10-6-7-15-27(19)21)22(28)24-17-8-4-3-5-9-17/h6-7,10-15,17H,2-5,8-9H2,1H3,(H,24,28)(H,25,29). The van der Waals surface area contributed by atoms with E-state index in [2.05, 4.69) is 22.5 Å². The van der Waals surface area contributed by atoms with Crippen LogP contribution in [0.3, 0.4) is 0 Å². The van der Waals surface area contributed by atoms with Crippen molar-refractivity contribution in [1.82, 2.24) is 14.7 Å². The van der Waals surface area contributed by atoms with E-state index in [-0.39, 0.29) is 23.7 Å². The number of carbonyl (C=O) groups excluding carboxylic acids is 2. The van der Waals surface area contributed by atoms with Gasteiger partial charge in [0.1, 0.15) is 0 Å². The summed E-state index contributed by atoms with van der Waals surface area (Å²) in [6, 6.07) is 13.4. The topological polar surface area (TPSA) is 75.5 Å². The van der Waals surface area contributed by atoms with E-state index in [1.165, 1.54) is 12.0 Å². The zero-order valence-corrected chi connectivity index (χ0v) is 16.6. The van der Waals surface area contributed by atoms with Crippen molar-refractivity contribution in [3.8, 4) is 0 Å². The van der Waals surface area contributed by atoms with Crippen molar-refractivity contribution in [1.29, 1.82) is 0 Å². The summed E-state index contributed by atoms with van der Waals surface area (Å²) in [5.74, 6) is -0.354. The first-order valence-electron chi connectivity index (χ1n) is 10.3. The molecule has 2 heterocycles. The zero-order chi connectivity index (χ0) is 20.2. The molecule has 29 heavy (non-hydrogen) atoms. The first kappa shape index (κ1) is 19.2. The molecule has 1 saturated carbocycles. The summed E-state index contributed by atoms with van der Waals surface area (Å²) in [7, 11) is 0. The number of hydrogen-bond donors (Lipinski definition) is 2. The number of amides is 2. The normalized spacial score (nSPS) is 14.7. The largest absolute Gasteiger partial charge is 0.348 e. The summed E-state index contributed by atoms with van der Waals surface area (Å²) >= 11 is 0. The van der Waals surface area contributed by atoms with Gasteiger partial charge in [0.05, 0.1) is 5.52 Å². The van der Waals surface area contributed by atoms with Crippen LogP contribution in [0.4, 0.5) is 5.69 Å². The summed E-state index contributed by atoms with van der Waals surface area (Å²) in [6.07, 6.45) is 8.20. The van der Waals surface area contributed by atoms with Crippen LogP contribution in [0.25, 0.3) is 5.52 Å². The van der Waals surface area contributed by atoms with Gasteiger partial charge in [-0.15, -0.1) is 0 Å². The molecule has 0 aliphatic heterocycles. The molecule has 0 atom stereocenters. The fraction of sp³-hybridized carbons (Fsp3) is 0.348. The van der Waals surface area contributed by atoms with Gasteiger partial charge in [-0.1, -0.05) is 44.4 Å². The van der Waals surface area contributed by atoms with Crippen LogP contribution in [0.15, 0.2) is 48.7 Å². The van der Waals surface area contributed by atoms with Gasteiger partial charge in [-0.3, -0.25) is 14.0 Å². The van der Waals surface area contributed by atoms with Gasteiger partial charge in [0.2, 0.25) is 5.82 Å². The fourth-order valence-electron chi connectivity index (χ4n) is 3.88. The Kier molecular flexibility index (Phi) is 5.60. The number of hydrogen-bond acceptors (Lipinski definition) is 3. The number of benzene rings is 1. The van der Waals surface area contributed by atoms with Gasteiger partial charge in [-0.05, 0) is 49.1 Å². The molecule has 1 aliphatic carbocycles. The van der Waals surface area contributed by atoms with E-state index in [0.717, 1.165) is 32.1 Å². The number of nitrogens with one attached hydrogen (secondary N) is 2. The molecule has 6 nitrogen and oxygen atoms in total. The second-order valence-electron chi connectivity index (χ2n) is 7.55. The molecular formula is C23H26N4O2. The maximum atomic E-state index is 12.9. The van der Waals surface area contributed by atoms with E-state index in [0.29, 0.717) is 16.9 Å². The third-order valence-electron chi connectivity index (χ3n) is 5.53. The molecule has 0 spiro atoms. The van der Waals surface area contributed by atoms with Crippen molar-refractivity contribution in [3.63, 3.8) is 0 Å². The summed E-state index contributed by atoms with van der Waals surface area (Å²) in [6.45, 7) is 2.09. The van der Waals surface area contributed by atoms with E-state index in [9.17, 15) is 9.59 Å². The lowest BCUT2D eigenvalue weighted by atomic mass is 9.95. The minimum absolute atomic E-state index is 0.186. The number of fused-ring (bicyclic) bond motifs is 1. The number of imidazole rings is 1. The number of aryl methyl sites for hydroxylation is 1. The van der Waals surface area contributed by atoms with Crippen LogP contribution in [0.1, 0.15) is 65.7 Å². The van der Waals surface area contributed by atoms with Gasteiger partial charge in [-0.25, -0.2) is 4.98 Å². The van der Waals surface area contributed by atoms with Gasteiger partial charge in [0, 0.05) is 17.9 Å². The molecule has 150 valence electrons. The minimum Gasteiger partial charge on any atom is -0.348 e. The van der Waals surface area contributed by atoms with Crippen LogP contribution in [0.2, 0.25) is 0 Å². The van der Waals surface area contributed by atoms with Gasteiger partial charge in [-0.2, -0.15) is 0 Å². The van der Waals surface area contributed by atoms with Gasteiger partial charge < -0.3 is 10.6 Å². The fourth-order valence-corrected chi connectivity index (χ4v) is 3.88. The highest BCUT2D eigenvalue weighted by Crippen LogP contribution is 2.20. The predicted octanol–water partition coefficient (Wildman–Crippen LogP) is 4.21. The molecule has 0 radical (unpaired) electrons. The van der Waals surface area contributed by atoms with Crippen LogP contribution in [0.5, 0.6) is 0 Å². The summed E-state index contributed by atoms with van der Waals surface area (Å²) < 4.78 is 1.67. The first-order chi connectivity index (χ1) is 14.2. The lowest BCUT2D eigenvalue weighted by Gasteiger charge is -2.22. The summed E-state index contributed by atoms with van der Waals surface area (Å²) in [5.41, 5.74) is 2.83. The van der Waals surface area contributed by atoms with Crippen molar-refractivity contribution in [2.75, 3.05) is 5.32 Å². The lowest BCUT2D eigenvalue weighted by molar-refractivity contribution is 0.0925. The van der Waals surface area contributed by atoms with Crippen molar-refractivity contribution in [3.05, 3.63) is 65.7 Å². The predicted molar refractivity (Wildman–Crippen MR) is 113 cm³/mol. The molecule has 6 heteroatoms. The number of carbonyl (C=O) groups is 2. The highest BCUT2D eigenvalue weighted by molar-refractivity contribution is 6.06. The first-order valence-corrected chi connectivity index (χ1v) is 10.3. The maximum absolute atomic E-state index is 12.9. The SMILES string of the molecule is CCc1ccc(NC(=O)c2nc(C(=O)NC3CCCCC3)c3ccccn23)cc1. The number of aromatic nitrogens is 2. The highest BCUT2D eigenvalue weighted by atomic mass is 16.2. The Morgan fingerprint density at radius 3 is 2.52 bits per heavy atom. The van der Waals surface area contributed by atoms with E-state index >= 15 is 0 Å². The van der Waals surface area contributed by atoms with Crippen LogP contribution < -0.4 is 10.6 Å². The molecule has 2 amide bonds. The molecule has 2 aromatic heterocycles. The highest BCUT2D eigenvalue weighted by Gasteiger charge is 2.24. The minimum atomic E-state index is -0.341. The second kappa shape index (κ2) is 8.47. The Bertz CT molecular complexity index is 1020. The number of nitrogens with zero attached hydrogens (tertiary/aromatic N) is 2. The molecule has 0 saturated heterocycles. The molecule has 1 aliphatic rings. The zero-order valence-electron chi connectivity index (χ0n) is 16.6. The van der Waals surface area contributed by atoms with Gasteiger partial charge in [0.25, 0.3) is 11.8 Å². The third kappa shape index (κ3) is 4.16. The van der Waals surface area contributed by atoms with E-state index < -0.39 is 0 Å². The van der Waals surface area contributed by atoms with Crippen LogP contribution in [-0.4, -0.2) is 27.2 Å². The number of anilines is 1. The molecule has 1 fully saturated rings. The molecule has 2 N–H and O–H groups in total. The van der Waals surface area contributed by atoms with Gasteiger partial charge in [0.15, 0.2) is 5.69 Å².